The third-order valence-corrected chi connectivity index (χ3v) is 4.67. The molecule has 1 N–H and O–H groups in total. The van der Waals surface area contributed by atoms with Crippen LogP contribution in [-0.4, -0.2) is 46.5 Å². The van der Waals surface area contributed by atoms with E-state index in [9.17, 15) is 0 Å². The summed E-state index contributed by atoms with van der Waals surface area (Å²) >= 11 is 6.92. The molecule has 120 valence electrons. The van der Waals surface area contributed by atoms with E-state index in [0.29, 0.717) is 0 Å². The minimum absolute atomic E-state index is 0.250. The highest BCUT2D eigenvalue weighted by atomic mass is 35.5. The number of likely N-dealkylation sites (N-methyl/N-ethyl adjacent to an activating group) is 1. The number of rotatable bonds is 3. The van der Waals surface area contributed by atoms with Crippen LogP contribution in [0.3, 0.4) is 0 Å². The minimum Gasteiger partial charge on any atom is -0.397 e. The van der Waals surface area contributed by atoms with Gasteiger partial charge in [0.15, 0.2) is 0 Å². The Hall–Kier alpha value is -0.810. The van der Waals surface area contributed by atoms with Crippen molar-refractivity contribution in [2.24, 2.45) is 0 Å². The van der Waals surface area contributed by atoms with Crippen LogP contribution < -0.4 is 5.01 Å². The van der Waals surface area contributed by atoms with Crippen LogP contribution in [0.1, 0.15) is 34.1 Å². The van der Waals surface area contributed by atoms with Crippen LogP contribution >= 0.6 is 11.6 Å². The Morgan fingerprint density at radius 2 is 1.71 bits per heavy atom. The van der Waals surface area contributed by atoms with Crippen LogP contribution in [-0.2, 0) is 0 Å². The lowest BCUT2D eigenvalue weighted by Crippen LogP contribution is -2.49. The molecule has 5 heteroatoms. The fourth-order valence-electron chi connectivity index (χ4n) is 2.72. The second-order valence-corrected chi connectivity index (χ2v) is 5.73. The molecule has 1 aromatic carbocycles. The summed E-state index contributed by atoms with van der Waals surface area (Å²) < 4.78 is 0. The normalized spacial score (nSPS) is 26.6. The number of hydrogen-bond acceptors (Lipinski definition) is 4. The van der Waals surface area contributed by atoms with Gasteiger partial charge in [-0.2, -0.15) is 5.12 Å². The molecule has 1 saturated heterocycles. The van der Waals surface area contributed by atoms with E-state index in [1.54, 1.807) is 6.92 Å². The summed E-state index contributed by atoms with van der Waals surface area (Å²) in [6.45, 7) is 9.32. The lowest BCUT2D eigenvalue weighted by Gasteiger charge is -2.38. The highest BCUT2D eigenvalue weighted by Gasteiger charge is 2.51. The summed E-state index contributed by atoms with van der Waals surface area (Å²) in [5, 5.41) is 14.2. The first-order valence-electron chi connectivity index (χ1n) is 7.63. The van der Waals surface area contributed by atoms with Crippen molar-refractivity contribution in [1.29, 1.82) is 0 Å². The smallest absolute Gasteiger partial charge is 0.147 e. The molecule has 1 fully saturated rings. The maximum Gasteiger partial charge on any atom is 0.147 e. The Balaban J connectivity index is 0.000000677. The van der Waals surface area contributed by atoms with E-state index in [2.05, 4.69) is 67.2 Å². The molecule has 1 aliphatic heterocycles. The Morgan fingerprint density at radius 1 is 1.19 bits per heavy atom. The first-order valence-corrected chi connectivity index (χ1v) is 8.00. The second-order valence-electron chi connectivity index (χ2n) is 5.07. The second kappa shape index (κ2) is 7.99. The van der Waals surface area contributed by atoms with Crippen molar-refractivity contribution in [1.82, 2.24) is 10.1 Å². The predicted molar refractivity (Wildman–Crippen MR) is 90.2 cm³/mol. The number of benzene rings is 1. The van der Waals surface area contributed by atoms with Gasteiger partial charge in [0, 0.05) is 20.2 Å². The zero-order valence-corrected chi connectivity index (χ0v) is 14.5. The molecule has 0 amide bonds. The lowest BCUT2D eigenvalue weighted by atomic mass is 10.1. The molecule has 2 unspecified atom stereocenters. The summed E-state index contributed by atoms with van der Waals surface area (Å²) in [5.41, 5.74) is 1.15. The van der Waals surface area contributed by atoms with Crippen molar-refractivity contribution in [3.05, 3.63) is 30.3 Å². The quantitative estimate of drug-likeness (QED) is 0.685. The summed E-state index contributed by atoms with van der Waals surface area (Å²) in [6, 6.07) is 10.6. The van der Waals surface area contributed by atoms with Gasteiger partial charge in [0.2, 0.25) is 0 Å². The van der Waals surface area contributed by atoms with Crippen LogP contribution in [0, 0.1) is 0 Å². The molecule has 0 spiro atoms. The molecule has 1 aliphatic rings. The number of hydrazine groups is 2. The number of nitrogens with zero attached hydrogens (tertiary/aromatic N) is 3. The van der Waals surface area contributed by atoms with Gasteiger partial charge in [-0.05, 0) is 39.3 Å². The molecule has 0 aromatic heterocycles. The van der Waals surface area contributed by atoms with Crippen LogP contribution in [0.4, 0.5) is 5.69 Å². The van der Waals surface area contributed by atoms with Gasteiger partial charge in [-0.15, -0.1) is 0 Å². The molecule has 21 heavy (non-hydrogen) atoms. The van der Waals surface area contributed by atoms with Crippen molar-refractivity contribution in [2.45, 2.75) is 45.2 Å². The molecule has 0 saturated carbocycles. The van der Waals surface area contributed by atoms with Crippen molar-refractivity contribution in [3.8, 4) is 0 Å². The van der Waals surface area contributed by atoms with E-state index in [0.717, 1.165) is 18.7 Å². The molecule has 1 heterocycles. The van der Waals surface area contributed by atoms with Crippen LogP contribution in [0.5, 0.6) is 0 Å². The van der Waals surface area contributed by atoms with Crippen molar-refractivity contribution < 1.29 is 5.11 Å². The topological polar surface area (TPSA) is 30.0 Å². The third-order valence-electron chi connectivity index (χ3n) is 3.93. The van der Waals surface area contributed by atoms with Gasteiger partial charge in [0.25, 0.3) is 0 Å². The Labute approximate surface area is 133 Å². The number of aliphatic hydroxyl groups is 1. The number of anilines is 1. The van der Waals surface area contributed by atoms with Gasteiger partial charge >= 0.3 is 0 Å². The van der Waals surface area contributed by atoms with E-state index in [4.69, 9.17) is 16.7 Å². The molecule has 0 aliphatic carbocycles. The Kier molecular flexibility index (Phi) is 6.94. The maximum absolute atomic E-state index is 7.57. The van der Waals surface area contributed by atoms with Crippen molar-refractivity contribution in [3.63, 3.8) is 0 Å². The minimum atomic E-state index is -0.383. The number of aliphatic hydroxyl groups excluding tert-OH is 1. The fourth-order valence-corrected chi connectivity index (χ4v) is 3.05. The number of hydrogen-bond donors (Lipinski definition) is 1. The largest absolute Gasteiger partial charge is 0.397 e. The Morgan fingerprint density at radius 3 is 2.14 bits per heavy atom. The van der Waals surface area contributed by atoms with Gasteiger partial charge in [0.05, 0.1) is 11.7 Å². The Bertz CT molecular complexity index is 417. The van der Waals surface area contributed by atoms with Crippen molar-refractivity contribution in [2.75, 3.05) is 25.2 Å². The van der Waals surface area contributed by atoms with Crippen molar-refractivity contribution >= 4 is 17.3 Å². The summed E-state index contributed by atoms with van der Waals surface area (Å²) in [6.07, 6.45) is 0.894. The SMILES string of the molecule is CCN1N(C)C(C)C(Cl)(CC)N1c1ccccc1.CCO. The molecule has 1 aromatic rings. The summed E-state index contributed by atoms with van der Waals surface area (Å²) in [7, 11) is 2.10. The van der Waals surface area contributed by atoms with Gasteiger partial charge < -0.3 is 5.11 Å². The standard InChI is InChI=1S/C14H22ClN3.C2H6O/c1-5-14(15)12(3)16(4)17(6-2)18(14)13-10-8-7-9-11-13;1-2-3/h7-12H,5-6H2,1-4H3;3H,2H2,1H3. The van der Waals surface area contributed by atoms with E-state index in [-0.39, 0.29) is 17.6 Å². The summed E-state index contributed by atoms with van der Waals surface area (Å²) in [5.74, 6) is 0. The van der Waals surface area contributed by atoms with E-state index in [1.165, 1.54) is 0 Å². The monoisotopic (exact) mass is 313 g/mol. The molecule has 2 atom stereocenters. The molecular formula is C16H28ClN3O. The van der Waals surface area contributed by atoms with E-state index >= 15 is 0 Å². The van der Waals surface area contributed by atoms with Gasteiger partial charge in [-0.25, -0.2) is 5.01 Å². The average Bonchev–Trinajstić information content (AvgIpc) is 2.70. The first-order chi connectivity index (χ1) is 9.97. The van der Waals surface area contributed by atoms with Gasteiger partial charge in [0.1, 0.15) is 5.00 Å². The number of alkyl halides is 1. The van der Waals surface area contributed by atoms with Gasteiger partial charge in [-0.3, -0.25) is 5.01 Å². The average molecular weight is 314 g/mol. The van der Waals surface area contributed by atoms with E-state index in [1.807, 2.05) is 6.07 Å². The van der Waals surface area contributed by atoms with E-state index < -0.39 is 0 Å². The van der Waals surface area contributed by atoms with Crippen LogP contribution in [0.2, 0.25) is 0 Å². The van der Waals surface area contributed by atoms with Crippen LogP contribution in [0.25, 0.3) is 0 Å². The molecular weight excluding hydrogens is 286 g/mol. The highest BCUT2D eigenvalue weighted by Crippen LogP contribution is 2.42. The lowest BCUT2D eigenvalue weighted by molar-refractivity contribution is 0.0255. The van der Waals surface area contributed by atoms with Crippen LogP contribution in [0.15, 0.2) is 30.3 Å². The highest BCUT2D eigenvalue weighted by molar-refractivity contribution is 6.26. The molecule has 2 rings (SSSR count). The number of halogens is 1. The third kappa shape index (κ3) is 3.51. The molecule has 0 bridgehead atoms. The zero-order chi connectivity index (χ0) is 16.0. The predicted octanol–water partition coefficient (Wildman–Crippen LogP) is 3.32. The summed E-state index contributed by atoms with van der Waals surface area (Å²) in [4.78, 5) is -0.383. The zero-order valence-electron chi connectivity index (χ0n) is 13.8. The first kappa shape index (κ1) is 18.2. The molecule has 4 nitrogen and oxygen atoms in total. The number of para-hydroxylation sites is 1. The molecule has 0 radical (unpaired) electrons. The maximum atomic E-state index is 7.57. The fraction of sp³-hybridized carbons (Fsp3) is 0.625. The van der Waals surface area contributed by atoms with Gasteiger partial charge in [-0.1, -0.05) is 36.7 Å².